The Morgan fingerprint density at radius 3 is 2.67 bits per heavy atom. The summed E-state index contributed by atoms with van der Waals surface area (Å²) in [6.45, 7) is 5.04. The fourth-order valence-electron chi connectivity index (χ4n) is 1.45. The van der Waals surface area contributed by atoms with E-state index in [0.29, 0.717) is 11.5 Å². The molecule has 84 valence electrons. The van der Waals surface area contributed by atoms with Crippen LogP contribution < -0.4 is 5.32 Å². The van der Waals surface area contributed by atoms with Crippen LogP contribution in [-0.4, -0.2) is 22.2 Å². The highest BCUT2D eigenvalue weighted by Gasteiger charge is 2.09. The molecule has 1 N–H and O–H groups in total. The molecule has 0 aliphatic carbocycles. The van der Waals surface area contributed by atoms with Gasteiger partial charge in [0.25, 0.3) is 5.91 Å². The van der Waals surface area contributed by atoms with Gasteiger partial charge in [-0.1, -0.05) is 26.7 Å². The van der Waals surface area contributed by atoms with E-state index >= 15 is 0 Å². The van der Waals surface area contributed by atoms with Crippen LogP contribution in [0.15, 0.2) is 12.4 Å². The third kappa shape index (κ3) is 3.38. The number of carbonyl (C=O) groups is 1. The average Bonchev–Trinajstić information content (AvgIpc) is 2.66. The smallest absolute Gasteiger partial charge is 0.254 e. The molecule has 0 aliphatic heterocycles. The molecule has 1 heterocycles. The van der Waals surface area contributed by atoms with E-state index in [2.05, 4.69) is 24.3 Å². The molecule has 0 radical (unpaired) electrons. The molecule has 0 aliphatic rings. The fourth-order valence-corrected chi connectivity index (χ4v) is 1.45. The monoisotopic (exact) mass is 209 g/mol. The molecule has 4 heteroatoms. The summed E-state index contributed by atoms with van der Waals surface area (Å²) in [5.41, 5.74) is 0.628. The lowest BCUT2D eigenvalue weighted by molar-refractivity contribution is 0.0946. The van der Waals surface area contributed by atoms with Gasteiger partial charge in [-0.2, -0.15) is 5.10 Å². The zero-order valence-electron chi connectivity index (χ0n) is 9.66. The van der Waals surface area contributed by atoms with Gasteiger partial charge in [-0.15, -0.1) is 0 Å². The molecule has 15 heavy (non-hydrogen) atoms. The maximum atomic E-state index is 11.6. The van der Waals surface area contributed by atoms with E-state index in [9.17, 15) is 4.79 Å². The molecular formula is C11H19N3O. The summed E-state index contributed by atoms with van der Waals surface area (Å²) in [6.07, 6.45) is 5.51. The van der Waals surface area contributed by atoms with E-state index in [1.807, 2.05) is 0 Å². The number of rotatable bonds is 5. The highest BCUT2D eigenvalue weighted by Crippen LogP contribution is 2.05. The third-order valence-electron chi connectivity index (χ3n) is 2.67. The summed E-state index contributed by atoms with van der Waals surface area (Å²) >= 11 is 0. The van der Waals surface area contributed by atoms with Crippen LogP contribution in [-0.2, 0) is 7.05 Å². The third-order valence-corrected chi connectivity index (χ3v) is 2.67. The van der Waals surface area contributed by atoms with Gasteiger partial charge in [-0.3, -0.25) is 9.48 Å². The number of nitrogens with zero attached hydrogens (tertiary/aromatic N) is 2. The maximum absolute atomic E-state index is 11.6. The van der Waals surface area contributed by atoms with Crippen molar-refractivity contribution in [2.75, 3.05) is 6.54 Å². The predicted octanol–water partition coefficient (Wildman–Crippen LogP) is 1.59. The van der Waals surface area contributed by atoms with Gasteiger partial charge >= 0.3 is 0 Å². The predicted molar refractivity (Wildman–Crippen MR) is 59.6 cm³/mol. The van der Waals surface area contributed by atoms with E-state index in [0.717, 1.165) is 19.4 Å². The Kier molecular flexibility index (Phi) is 4.34. The first-order valence-corrected chi connectivity index (χ1v) is 5.44. The van der Waals surface area contributed by atoms with Gasteiger partial charge in [0.2, 0.25) is 0 Å². The van der Waals surface area contributed by atoms with Crippen LogP contribution in [0.25, 0.3) is 0 Å². The molecule has 1 aromatic heterocycles. The molecule has 0 aromatic carbocycles. The maximum Gasteiger partial charge on any atom is 0.254 e. The summed E-state index contributed by atoms with van der Waals surface area (Å²) in [5, 5.41) is 6.88. The number of nitrogens with one attached hydrogen (secondary N) is 1. The number of aryl methyl sites for hydroxylation is 1. The molecule has 0 spiro atoms. The summed E-state index contributed by atoms with van der Waals surface area (Å²) in [6, 6.07) is 0. The van der Waals surface area contributed by atoms with Crippen LogP contribution in [0.2, 0.25) is 0 Å². The minimum atomic E-state index is -0.0324. The van der Waals surface area contributed by atoms with Crippen LogP contribution in [0.5, 0.6) is 0 Å². The second-order valence-corrected chi connectivity index (χ2v) is 3.80. The number of carbonyl (C=O) groups excluding carboxylic acids is 1. The van der Waals surface area contributed by atoms with Crippen molar-refractivity contribution >= 4 is 5.91 Å². The first kappa shape index (κ1) is 11.8. The largest absolute Gasteiger partial charge is 0.352 e. The molecule has 1 aromatic rings. The summed E-state index contributed by atoms with van der Waals surface area (Å²) in [5.74, 6) is 0.542. The fraction of sp³-hybridized carbons (Fsp3) is 0.636. The Labute approximate surface area is 90.7 Å². The highest BCUT2D eigenvalue weighted by atomic mass is 16.1. The molecular weight excluding hydrogens is 190 g/mol. The van der Waals surface area contributed by atoms with Gasteiger partial charge < -0.3 is 5.32 Å². The quantitative estimate of drug-likeness (QED) is 0.800. The van der Waals surface area contributed by atoms with Crippen molar-refractivity contribution in [3.05, 3.63) is 18.0 Å². The standard InChI is InChI=1S/C11H19N3O/c1-4-9(5-2)6-12-11(15)10-7-13-14(3)8-10/h7-9H,4-6H2,1-3H3,(H,12,15). The van der Waals surface area contributed by atoms with Crippen molar-refractivity contribution in [1.29, 1.82) is 0 Å². The van der Waals surface area contributed by atoms with Crippen molar-refractivity contribution < 1.29 is 4.79 Å². The lowest BCUT2D eigenvalue weighted by atomic mass is 10.0. The Balaban J connectivity index is 2.42. The highest BCUT2D eigenvalue weighted by molar-refractivity contribution is 5.93. The zero-order valence-corrected chi connectivity index (χ0v) is 9.66. The first-order valence-electron chi connectivity index (χ1n) is 5.44. The Morgan fingerprint density at radius 1 is 1.53 bits per heavy atom. The molecule has 0 bridgehead atoms. The lowest BCUT2D eigenvalue weighted by Crippen LogP contribution is -2.28. The van der Waals surface area contributed by atoms with Gasteiger partial charge in [-0.25, -0.2) is 0 Å². The van der Waals surface area contributed by atoms with Crippen molar-refractivity contribution in [3.8, 4) is 0 Å². The molecule has 4 nitrogen and oxygen atoms in total. The van der Waals surface area contributed by atoms with Crippen LogP contribution in [0.3, 0.4) is 0 Å². The minimum absolute atomic E-state index is 0.0324. The van der Waals surface area contributed by atoms with Crippen LogP contribution >= 0.6 is 0 Å². The van der Waals surface area contributed by atoms with Crippen LogP contribution in [0.1, 0.15) is 37.0 Å². The van der Waals surface area contributed by atoms with E-state index in [4.69, 9.17) is 0 Å². The number of aromatic nitrogens is 2. The molecule has 0 unspecified atom stereocenters. The second kappa shape index (κ2) is 5.53. The molecule has 0 fully saturated rings. The Bertz CT molecular complexity index is 315. The molecule has 1 amide bonds. The van der Waals surface area contributed by atoms with Gasteiger partial charge in [-0.05, 0) is 5.92 Å². The Hall–Kier alpha value is -1.32. The minimum Gasteiger partial charge on any atom is -0.352 e. The number of hydrogen-bond donors (Lipinski definition) is 1. The topological polar surface area (TPSA) is 46.9 Å². The van der Waals surface area contributed by atoms with Crippen molar-refractivity contribution in [1.82, 2.24) is 15.1 Å². The van der Waals surface area contributed by atoms with Gasteiger partial charge in [0.05, 0.1) is 11.8 Å². The molecule has 0 atom stereocenters. The van der Waals surface area contributed by atoms with E-state index < -0.39 is 0 Å². The van der Waals surface area contributed by atoms with Crippen molar-refractivity contribution in [2.45, 2.75) is 26.7 Å². The number of hydrogen-bond acceptors (Lipinski definition) is 2. The summed E-state index contributed by atoms with van der Waals surface area (Å²) < 4.78 is 1.63. The van der Waals surface area contributed by atoms with Crippen LogP contribution in [0.4, 0.5) is 0 Å². The van der Waals surface area contributed by atoms with Crippen molar-refractivity contribution in [3.63, 3.8) is 0 Å². The molecule has 0 saturated carbocycles. The van der Waals surface area contributed by atoms with Gasteiger partial charge in [0, 0.05) is 19.8 Å². The van der Waals surface area contributed by atoms with Gasteiger partial charge in [0.1, 0.15) is 0 Å². The Morgan fingerprint density at radius 2 is 2.20 bits per heavy atom. The van der Waals surface area contributed by atoms with E-state index in [-0.39, 0.29) is 5.91 Å². The van der Waals surface area contributed by atoms with E-state index in [1.165, 1.54) is 0 Å². The first-order chi connectivity index (χ1) is 7.17. The number of amides is 1. The molecule has 1 rings (SSSR count). The SMILES string of the molecule is CCC(CC)CNC(=O)c1cnn(C)c1. The van der Waals surface area contributed by atoms with Crippen molar-refractivity contribution in [2.24, 2.45) is 13.0 Å². The summed E-state index contributed by atoms with van der Waals surface area (Å²) in [7, 11) is 1.80. The summed E-state index contributed by atoms with van der Waals surface area (Å²) in [4.78, 5) is 11.6. The lowest BCUT2D eigenvalue weighted by Gasteiger charge is -2.12. The zero-order chi connectivity index (χ0) is 11.3. The second-order valence-electron chi connectivity index (χ2n) is 3.80. The van der Waals surface area contributed by atoms with E-state index in [1.54, 1.807) is 24.1 Å². The van der Waals surface area contributed by atoms with Crippen LogP contribution in [0, 0.1) is 5.92 Å². The van der Waals surface area contributed by atoms with Gasteiger partial charge in [0.15, 0.2) is 0 Å². The molecule has 0 saturated heterocycles. The average molecular weight is 209 g/mol. The normalized spacial score (nSPS) is 10.7.